The van der Waals surface area contributed by atoms with Crippen LogP contribution < -0.4 is 19.8 Å². The number of hydrogen-bond acceptors (Lipinski definition) is 15. The van der Waals surface area contributed by atoms with Gasteiger partial charge in [0.15, 0.2) is 36.7 Å². The Morgan fingerprint density at radius 2 is 1.16 bits per heavy atom. The molecule has 5 heterocycles. The monoisotopic (exact) mass is 1520 g/mol. The number of aliphatic imine (C=N–C) groups is 1. The summed E-state index contributed by atoms with van der Waals surface area (Å²) < 4.78 is 33.2. The van der Waals surface area contributed by atoms with Gasteiger partial charge in [-0.1, -0.05) is 75.6 Å². The summed E-state index contributed by atoms with van der Waals surface area (Å²) in [5, 5.41) is 2.44. The molecular formula is C72H65BrN3O13P5V2. The summed E-state index contributed by atoms with van der Waals surface area (Å²) >= 11 is 3.44. The molecule has 7 unspecified atom stereocenters. The molecule has 16 nitrogen and oxygen atoms in total. The number of aryl methyl sites for hydroxylation is 2. The molecule has 0 saturated heterocycles. The minimum atomic E-state index is -0.817. The summed E-state index contributed by atoms with van der Waals surface area (Å²) in [5.41, 5.74) is 18.5. The van der Waals surface area contributed by atoms with Gasteiger partial charge in [-0.25, -0.2) is 31.0 Å². The fourth-order valence-corrected chi connectivity index (χ4v) is 14.3. The van der Waals surface area contributed by atoms with Crippen LogP contribution in [-0.2, 0) is 90.4 Å². The Morgan fingerprint density at radius 1 is 0.615 bits per heavy atom. The number of nitrogens with zero attached hydrogens (tertiary/aromatic N) is 2. The second kappa shape index (κ2) is 33.3. The predicted octanol–water partition coefficient (Wildman–Crippen LogP) is 16.7. The zero-order valence-electron chi connectivity index (χ0n) is 52.9. The molecule has 2 aliphatic carbocycles. The number of aromatic nitrogens is 2. The Bertz CT molecular complexity index is 4480. The van der Waals surface area contributed by atoms with Gasteiger partial charge in [0, 0.05) is 50.8 Å². The van der Waals surface area contributed by atoms with Crippen molar-refractivity contribution in [2.24, 2.45) is 4.99 Å². The van der Waals surface area contributed by atoms with Gasteiger partial charge in [-0.3, -0.25) is 24.2 Å². The number of imidazole rings is 1. The van der Waals surface area contributed by atoms with Crippen molar-refractivity contribution in [1.82, 2.24) is 9.97 Å². The van der Waals surface area contributed by atoms with Gasteiger partial charge in [-0.05, 0) is 198 Å². The molecule has 4 aliphatic heterocycles. The number of H-pyrrole nitrogens is 1. The molecular weight excluding hydrogens is 1450 g/mol. The molecule has 6 aliphatic rings. The van der Waals surface area contributed by atoms with Crippen LogP contribution in [0.2, 0.25) is 0 Å². The van der Waals surface area contributed by atoms with Crippen LogP contribution in [0.25, 0.3) is 55.4 Å². The number of ketones is 4. The van der Waals surface area contributed by atoms with Gasteiger partial charge in [0.25, 0.3) is 0 Å². The number of nitrogens with one attached hydrogen (secondary N) is 1. The maximum atomic E-state index is 12.9. The fraction of sp³-hybridized carbons (Fsp3) is 0.208. The quantitative estimate of drug-likeness (QED) is 0.0332. The molecule has 96 heavy (non-hydrogen) atoms. The number of halogens is 1. The van der Waals surface area contributed by atoms with Gasteiger partial charge < -0.3 is 61.4 Å². The molecule has 0 saturated carbocycles. The number of rotatable bonds is 15. The van der Waals surface area contributed by atoms with Crippen molar-refractivity contribution >= 4 is 127 Å². The molecule has 0 fully saturated rings. The minimum Gasteiger partial charge on any atom is -0.513 e. The third-order valence-corrected chi connectivity index (χ3v) is 20.6. The molecule has 0 amide bonds. The maximum absolute atomic E-state index is 12.9. The number of Topliss-reactive ketones (excluding diaryl/α,β-unsaturated/α-hetero) is 4. The largest absolute Gasteiger partial charge is 2.00 e. The standard InChI is InChI=1S/C25H20N3OP2.C24H21O7P2.C21H18BrO5P.2CH3.2V/c1-3-31-24-11-19-18-10-23-20(9-14(18)5-7-21(19)27-24)17-6-4-15(8-16(17)13-29-23)22-12-26-25(28-22)30-2;1-3-33-24(28)31-20-7-5-13-9-18-16-6-4-14(19(25)12-30-23(27)32-2)8-15(16)11-29-21(18)10-17(13)22(20)26;1-28-21(25)27-10-18(23)12-2-4-14-13(6-12)9-26-19-8-15-11(7-16(14)19)3-5-17(22)20(15)24;;;;/h1,3-10,12,30-31H,11,13H2,2H3,(H,26,28);1,3-4,6,8-10,20,32-33H,5,7,11-12H2,2H3;2,4,6-8,17,28H,3,5,9-10H2,1H3;2*1H3;;/q2*-1;;2*-1;2*+2. The van der Waals surface area contributed by atoms with E-state index >= 15 is 0 Å². The van der Waals surface area contributed by atoms with Crippen molar-refractivity contribution < 1.29 is 99.1 Å². The van der Waals surface area contributed by atoms with Crippen LogP contribution >= 0.6 is 58.8 Å². The van der Waals surface area contributed by atoms with Gasteiger partial charge in [-0.2, -0.15) is 0 Å². The van der Waals surface area contributed by atoms with E-state index in [1.807, 2.05) is 36.5 Å². The molecule has 2 radical (unpaired) electrons. The van der Waals surface area contributed by atoms with E-state index in [2.05, 4.69) is 75.0 Å². The van der Waals surface area contributed by atoms with Gasteiger partial charge in [-0.15, -0.1) is 0 Å². The third-order valence-electron chi connectivity index (χ3n) is 16.5. The van der Waals surface area contributed by atoms with Crippen molar-refractivity contribution in [1.29, 1.82) is 0 Å². The smallest absolute Gasteiger partial charge is 0.513 e. The van der Waals surface area contributed by atoms with Crippen molar-refractivity contribution in [2.45, 2.75) is 62.9 Å². The van der Waals surface area contributed by atoms with E-state index < -0.39 is 17.5 Å². The van der Waals surface area contributed by atoms with Crippen LogP contribution in [0.15, 0.2) is 126 Å². The summed E-state index contributed by atoms with van der Waals surface area (Å²) in [6.07, 6.45) is 4.56. The summed E-state index contributed by atoms with van der Waals surface area (Å²) in [4.78, 5) is 96.8. The molecule has 1 aromatic heterocycles. The van der Waals surface area contributed by atoms with Gasteiger partial charge in [0.2, 0.25) is 5.78 Å². The zero-order valence-corrected chi connectivity index (χ0v) is 62.3. The van der Waals surface area contributed by atoms with Crippen molar-refractivity contribution in [3.63, 3.8) is 0 Å². The van der Waals surface area contributed by atoms with Crippen molar-refractivity contribution in [3.8, 4) is 61.9 Å². The normalized spacial score (nSPS) is 15.6. The van der Waals surface area contributed by atoms with Crippen LogP contribution in [0.4, 0.5) is 20.1 Å². The van der Waals surface area contributed by atoms with Gasteiger partial charge in [0.05, 0.1) is 22.4 Å². The van der Waals surface area contributed by atoms with Crippen LogP contribution in [0.5, 0.6) is 17.2 Å². The molecule has 488 valence electrons. The van der Waals surface area contributed by atoms with E-state index in [-0.39, 0.29) is 131 Å². The number of aromatic amines is 1. The van der Waals surface area contributed by atoms with E-state index in [1.54, 1.807) is 49.5 Å². The molecule has 7 atom stereocenters. The van der Waals surface area contributed by atoms with Gasteiger partial charge >= 0.3 is 54.2 Å². The second-order valence-corrected chi connectivity index (χ2v) is 28.2. The molecule has 24 heteroatoms. The Labute approximate surface area is 598 Å². The number of ether oxygens (including phenoxy) is 6. The van der Waals surface area contributed by atoms with E-state index in [4.69, 9.17) is 46.6 Å². The SMILES string of the molecule is CPC(=O)OCC(=O)c1ccc2c(c1)COc1cc3c(cc1-2)CCC(Br)C3=O.[CH-]=CPC(=O)OC1CCc2cc3c(cc2C1=O)OCc1cc(C(=O)COC(=O)PC)ccc1-3.[CH-]=CPC1=Nc2ccc3cc4c(cc3c2C1)OCc1cc(-c2cnc(PC)[nH]2)ccc1-4.[CH3-].[CH3-].[V+2].[V+2]. The molecule has 0 bridgehead atoms. The molecule has 0 spiro atoms. The Morgan fingerprint density at radius 3 is 1.71 bits per heavy atom. The summed E-state index contributed by atoms with van der Waals surface area (Å²) in [6.45, 7) is 17.0. The fourth-order valence-electron chi connectivity index (χ4n) is 11.9. The molecule has 8 aromatic rings. The van der Waals surface area contributed by atoms with Crippen LogP contribution in [0.1, 0.15) is 87.7 Å². The zero-order chi connectivity index (χ0) is 64.3. The van der Waals surface area contributed by atoms with Crippen molar-refractivity contribution in [3.05, 3.63) is 205 Å². The average molecular weight is 1520 g/mol. The number of alkyl halides is 1. The minimum absolute atomic E-state index is 0. The predicted molar refractivity (Wildman–Crippen MR) is 384 cm³/mol. The second-order valence-electron chi connectivity index (χ2n) is 22.0. The molecule has 1 N–H and O–H groups in total. The number of hydrogen-bond donors (Lipinski definition) is 1. The third kappa shape index (κ3) is 16.1. The van der Waals surface area contributed by atoms with Gasteiger partial charge in [0.1, 0.15) is 42.6 Å². The van der Waals surface area contributed by atoms with Crippen LogP contribution in [0.3, 0.4) is 0 Å². The maximum Gasteiger partial charge on any atom is 2.00 e. The number of fused-ring (bicyclic) bond motifs is 14. The van der Waals surface area contributed by atoms with E-state index in [9.17, 15) is 33.6 Å². The number of carbonyl (C=O) groups excluding carboxylic acids is 7. The van der Waals surface area contributed by atoms with Crippen molar-refractivity contribution in [2.75, 3.05) is 33.2 Å². The van der Waals surface area contributed by atoms with E-state index in [0.717, 1.165) is 109 Å². The Kier molecular flexibility index (Phi) is 26.1. The van der Waals surface area contributed by atoms with Crippen LogP contribution in [0, 0.1) is 28.0 Å². The average Bonchev–Trinajstić information content (AvgIpc) is 1.12. The first-order valence-electron chi connectivity index (χ1n) is 29.4. The molecule has 14 rings (SSSR count). The Hall–Kier alpha value is -6.55. The first-order chi connectivity index (χ1) is 44.6. The summed E-state index contributed by atoms with van der Waals surface area (Å²) in [7, 11) is 0.828. The van der Waals surface area contributed by atoms with E-state index in [0.29, 0.717) is 71.4 Å². The molecule has 7 aromatic carbocycles. The summed E-state index contributed by atoms with van der Waals surface area (Å²) in [6, 6.07) is 33.6. The Balaban J connectivity index is 0.000000181. The number of benzene rings is 7. The first kappa shape index (κ1) is 75.2. The van der Waals surface area contributed by atoms with E-state index in [1.165, 1.54) is 33.3 Å². The van der Waals surface area contributed by atoms with Crippen LogP contribution in [-0.4, -0.2) is 99.8 Å². The topological polar surface area (TPSA) is 216 Å². The summed E-state index contributed by atoms with van der Waals surface area (Å²) in [5.74, 6) is 4.47. The first-order valence-corrected chi connectivity index (χ1v) is 37.0. The number of carbonyl (C=O) groups is 7.